The van der Waals surface area contributed by atoms with E-state index in [2.05, 4.69) is 15.5 Å². The van der Waals surface area contributed by atoms with Crippen LogP contribution in [0.5, 0.6) is 0 Å². The second-order valence-electron chi connectivity index (χ2n) is 8.72. The van der Waals surface area contributed by atoms with Crippen LogP contribution >= 0.6 is 0 Å². The van der Waals surface area contributed by atoms with Crippen molar-refractivity contribution in [2.75, 3.05) is 39.4 Å². The van der Waals surface area contributed by atoms with Gasteiger partial charge in [-0.05, 0) is 69.2 Å². The number of nitrogens with zero attached hydrogens (tertiary/aromatic N) is 1. The minimum absolute atomic E-state index is 0.0863. The van der Waals surface area contributed by atoms with Gasteiger partial charge in [0.25, 0.3) is 0 Å². The van der Waals surface area contributed by atoms with E-state index in [0.717, 1.165) is 76.3 Å². The Labute approximate surface area is 150 Å². The van der Waals surface area contributed by atoms with E-state index in [-0.39, 0.29) is 5.54 Å². The van der Waals surface area contributed by atoms with Crippen molar-refractivity contribution >= 4 is 11.8 Å². The summed E-state index contributed by atoms with van der Waals surface area (Å²) < 4.78 is 5.33. The van der Waals surface area contributed by atoms with E-state index < -0.39 is 11.8 Å². The van der Waals surface area contributed by atoms with E-state index in [9.17, 15) is 9.59 Å². The average molecular weight is 349 g/mol. The number of rotatable bonds is 5. The Morgan fingerprint density at radius 2 is 1.56 bits per heavy atom. The number of carbonyl (C=O) groups excluding carboxylic acids is 2. The van der Waals surface area contributed by atoms with Crippen LogP contribution in [0.25, 0.3) is 0 Å². The fraction of sp³-hybridized carbons (Fsp3) is 0.895. The van der Waals surface area contributed by atoms with Crippen molar-refractivity contribution in [1.82, 2.24) is 15.5 Å². The van der Waals surface area contributed by atoms with Crippen LogP contribution in [-0.2, 0) is 14.3 Å². The third-order valence-electron chi connectivity index (χ3n) is 6.66. The quantitative estimate of drug-likeness (QED) is 0.572. The van der Waals surface area contributed by atoms with Gasteiger partial charge in [0.1, 0.15) is 0 Å². The van der Waals surface area contributed by atoms with Crippen molar-refractivity contribution in [3.8, 4) is 0 Å². The summed E-state index contributed by atoms with van der Waals surface area (Å²) in [7, 11) is 0. The molecule has 5 fully saturated rings. The van der Waals surface area contributed by atoms with Gasteiger partial charge in [-0.15, -0.1) is 0 Å². The zero-order valence-corrected chi connectivity index (χ0v) is 15.1. The first-order valence-corrected chi connectivity index (χ1v) is 10.0. The third-order valence-corrected chi connectivity index (χ3v) is 6.66. The van der Waals surface area contributed by atoms with Gasteiger partial charge in [-0.2, -0.15) is 0 Å². The van der Waals surface area contributed by atoms with E-state index in [1.165, 1.54) is 19.3 Å². The summed E-state index contributed by atoms with van der Waals surface area (Å²) in [5, 5.41) is 5.93. The Bertz CT molecular complexity index is 481. The highest BCUT2D eigenvalue weighted by Crippen LogP contribution is 2.55. The first kappa shape index (κ1) is 17.3. The minimum atomic E-state index is -0.460. The summed E-state index contributed by atoms with van der Waals surface area (Å²) in [6, 6.07) is 0. The van der Waals surface area contributed by atoms with Crippen LogP contribution in [0.3, 0.4) is 0 Å². The normalized spacial score (nSPS) is 37.0. The van der Waals surface area contributed by atoms with Gasteiger partial charge in [-0.3, -0.25) is 14.5 Å². The van der Waals surface area contributed by atoms with Crippen LogP contribution in [-0.4, -0.2) is 61.6 Å². The molecule has 1 heterocycles. The number of carbonyl (C=O) groups is 2. The largest absolute Gasteiger partial charge is 0.379 e. The standard InChI is InChI=1S/C19H31N3O3/c23-17(20-2-1-3-22-4-6-25-7-5-22)18(24)21-19-11-14-8-15(12-19)10-16(9-14)13-19/h14-16H,1-13H2,(H,20,23)(H,21,24). The molecule has 5 aliphatic rings. The van der Waals surface area contributed by atoms with Crippen molar-refractivity contribution in [2.45, 2.75) is 50.5 Å². The molecule has 4 bridgehead atoms. The second kappa shape index (κ2) is 7.23. The maximum absolute atomic E-state index is 12.4. The maximum Gasteiger partial charge on any atom is 0.309 e. The Balaban J connectivity index is 1.19. The van der Waals surface area contributed by atoms with E-state index in [1.54, 1.807) is 0 Å². The average Bonchev–Trinajstić information content (AvgIpc) is 2.58. The lowest BCUT2D eigenvalue weighted by molar-refractivity contribution is -0.142. The topological polar surface area (TPSA) is 70.7 Å². The van der Waals surface area contributed by atoms with E-state index in [1.807, 2.05) is 0 Å². The van der Waals surface area contributed by atoms with Crippen LogP contribution in [0.15, 0.2) is 0 Å². The number of hydrogen-bond donors (Lipinski definition) is 2. The summed E-state index contributed by atoms with van der Waals surface area (Å²) in [4.78, 5) is 26.9. The molecule has 25 heavy (non-hydrogen) atoms. The van der Waals surface area contributed by atoms with Crippen LogP contribution in [0.1, 0.15) is 44.9 Å². The molecule has 140 valence electrons. The predicted molar refractivity (Wildman–Crippen MR) is 93.9 cm³/mol. The van der Waals surface area contributed by atoms with Crippen LogP contribution in [0.4, 0.5) is 0 Å². The lowest BCUT2D eigenvalue weighted by Gasteiger charge is -2.56. The van der Waals surface area contributed by atoms with Crippen LogP contribution in [0, 0.1) is 17.8 Å². The van der Waals surface area contributed by atoms with Gasteiger partial charge in [0.05, 0.1) is 13.2 Å². The first-order chi connectivity index (χ1) is 12.1. The highest BCUT2D eigenvalue weighted by molar-refractivity contribution is 6.35. The zero-order chi connectivity index (χ0) is 17.3. The summed E-state index contributed by atoms with van der Waals surface area (Å²) in [6.45, 7) is 5.01. The SMILES string of the molecule is O=C(NCCCN1CCOCC1)C(=O)NC12CC3CC(CC(C3)C1)C2. The van der Waals surface area contributed by atoms with Gasteiger partial charge in [0.2, 0.25) is 0 Å². The van der Waals surface area contributed by atoms with Crippen molar-refractivity contribution in [3.63, 3.8) is 0 Å². The molecule has 2 N–H and O–H groups in total. The molecule has 2 amide bonds. The summed E-state index contributed by atoms with van der Waals surface area (Å²) >= 11 is 0. The number of morpholine rings is 1. The molecule has 0 aromatic carbocycles. The molecule has 0 aromatic rings. The van der Waals surface area contributed by atoms with Gasteiger partial charge >= 0.3 is 11.8 Å². The highest BCUT2D eigenvalue weighted by atomic mass is 16.5. The minimum Gasteiger partial charge on any atom is -0.379 e. The fourth-order valence-corrected chi connectivity index (χ4v) is 5.97. The molecule has 4 saturated carbocycles. The van der Waals surface area contributed by atoms with Gasteiger partial charge in [0.15, 0.2) is 0 Å². The second-order valence-corrected chi connectivity index (χ2v) is 8.72. The molecule has 0 radical (unpaired) electrons. The Morgan fingerprint density at radius 3 is 2.16 bits per heavy atom. The fourth-order valence-electron chi connectivity index (χ4n) is 5.97. The van der Waals surface area contributed by atoms with E-state index in [0.29, 0.717) is 6.54 Å². The van der Waals surface area contributed by atoms with Gasteiger partial charge in [-0.25, -0.2) is 0 Å². The molecule has 0 unspecified atom stereocenters. The van der Waals surface area contributed by atoms with Gasteiger partial charge in [0, 0.05) is 25.2 Å². The molecular weight excluding hydrogens is 318 g/mol. The molecule has 6 nitrogen and oxygen atoms in total. The summed E-state index contributed by atoms with van der Waals surface area (Å²) in [5.41, 5.74) is -0.0863. The van der Waals surface area contributed by atoms with Crippen LogP contribution in [0.2, 0.25) is 0 Å². The molecule has 4 aliphatic carbocycles. The molecular formula is C19H31N3O3. The molecule has 6 heteroatoms. The van der Waals surface area contributed by atoms with Crippen LogP contribution < -0.4 is 10.6 Å². The molecule has 0 atom stereocenters. The van der Waals surface area contributed by atoms with Gasteiger partial charge in [-0.1, -0.05) is 0 Å². The summed E-state index contributed by atoms with van der Waals surface area (Å²) in [6.07, 6.45) is 8.12. The zero-order valence-electron chi connectivity index (χ0n) is 15.1. The highest BCUT2D eigenvalue weighted by Gasteiger charge is 2.51. The lowest BCUT2D eigenvalue weighted by Crippen LogP contribution is -2.61. The molecule has 0 spiro atoms. The van der Waals surface area contributed by atoms with Gasteiger partial charge < -0.3 is 15.4 Å². The van der Waals surface area contributed by atoms with Crippen molar-refractivity contribution < 1.29 is 14.3 Å². The van der Waals surface area contributed by atoms with Crippen molar-refractivity contribution in [2.24, 2.45) is 17.8 Å². The Kier molecular flexibility index (Phi) is 5.00. The maximum atomic E-state index is 12.4. The Morgan fingerprint density at radius 1 is 0.960 bits per heavy atom. The first-order valence-electron chi connectivity index (χ1n) is 10.0. The van der Waals surface area contributed by atoms with Crippen molar-refractivity contribution in [3.05, 3.63) is 0 Å². The van der Waals surface area contributed by atoms with E-state index in [4.69, 9.17) is 4.74 Å². The number of amides is 2. The summed E-state index contributed by atoms with van der Waals surface area (Å²) in [5.74, 6) is 1.42. The lowest BCUT2D eigenvalue weighted by atomic mass is 9.53. The van der Waals surface area contributed by atoms with Crippen molar-refractivity contribution in [1.29, 1.82) is 0 Å². The number of nitrogens with one attached hydrogen (secondary N) is 2. The van der Waals surface area contributed by atoms with E-state index >= 15 is 0 Å². The number of ether oxygens (including phenoxy) is 1. The molecule has 1 saturated heterocycles. The predicted octanol–water partition coefficient (Wildman–Crippen LogP) is 0.910. The smallest absolute Gasteiger partial charge is 0.309 e. The molecule has 0 aromatic heterocycles. The Hall–Kier alpha value is -1.14. The molecule has 1 aliphatic heterocycles. The number of hydrogen-bond acceptors (Lipinski definition) is 4. The monoisotopic (exact) mass is 349 g/mol. The third kappa shape index (κ3) is 4.00. The molecule has 5 rings (SSSR count).